The summed E-state index contributed by atoms with van der Waals surface area (Å²) in [5.74, 6) is 1.00. The lowest BCUT2D eigenvalue weighted by Crippen LogP contribution is -2.44. The average molecular weight is 682 g/mol. The number of nitrogens with one attached hydrogen (secondary N) is 1. The highest BCUT2D eigenvalue weighted by Crippen LogP contribution is 2.42. The van der Waals surface area contributed by atoms with E-state index in [1.165, 1.54) is 11.1 Å². The van der Waals surface area contributed by atoms with E-state index in [9.17, 15) is 13.8 Å². The molecule has 2 aromatic carbocycles. The molecule has 0 spiro atoms. The van der Waals surface area contributed by atoms with Crippen molar-refractivity contribution in [2.75, 3.05) is 37.5 Å². The molecule has 2 fully saturated rings. The van der Waals surface area contributed by atoms with Crippen molar-refractivity contribution < 1.29 is 23.3 Å². The number of ether oxygens (including phenoxy) is 2. The lowest BCUT2D eigenvalue weighted by Gasteiger charge is -2.43. The van der Waals surface area contributed by atoms with Crippen LogP contribution in [0.1, 0.15) is 79.3 Å². The Balaban J connectivity index is 1.28. The molecule has 254 valence electrons. The molecule has 2 heterocycles. The van der Waals surface area contributed by atoms with E-state index >= 15 is 0 Å². The van der Waals surface area contributed by atoms with E-state index in [0.29, 0.717) is 42.8 Å². The fourth-order valence-corrected chi connectivity index (χ4v) is 9.15. The predicted molar refractivity (Wildman–Crippen MR) is 187 cm³/mol. The van der Waals surface area contributed by atoms with Gasteiger partial charge in [0.15, 0.2) is 0 Å². The minimum atomic E-state index is -3.30. The van der Waals surface area contributed by atoms with Gasteiger partial charge in [0, 0.05) is 42.6 Å². The molecule has 1 unspecified atom stereocenters. The quantitative estimate of drug-likeness (QED) is 0.308. The van der Waals surface area contributed by atoms with Gasteiger partial charge < -0.3 is 14.4 Å². The maximum absolute atomic E-state index is 14.0. The molecule has 4 aliphatic rings. The van der Waals surface area contributed by atoms with E-state index in [1.54, 1.807) is 13.2 Å². The number of halogens is 1. The number of rotatable bonds is 7. The zero-order valence-corrected chi connectivity index (χ0v) is 29.2. The van der Waals surface area contributed by atoms with Gasteiger partial charge in [-0.05, 0) is 118 Å². The number of fused-ring (bicyclic) bond motifs is 2. The van der Waals surface area contributed by atoms with Gasteiger partial charge in [0.2, 0.25) is 5.91 Å². The SMILES string of the molecule is CO[C@H]1/C=C/CCCS(=O)(NC(=O)C2CCC2)=NC(=O)c2ccc3c(c2)N(C[C@@H](CCCc2cc(Cl)ccc2C)CO3)C[C@@H]2CC[C@H]21. The first-order valence-corrected chi connectivity index (χ1v) is 19.3. The van der Waals surface area contributed by atoms with Gasteiger partial charge in [-0.3, -0.25) is 14.3 Å². The molecule has 1 N–H and O–H groups in total. The average Bonchev–Trinajstić information content (AvgIpc) is 3.17. The number of methoxy groups -OCH3 is 1. The molecule has 0 saturated heterocycles. The van der Waals surface area contributed by atoms with Crippen molar-refractivity contribution >= 4 is 39.0 Å². The number of nitrogens with zero attached hydrogens (tertiary/aromatic N) is 2. The van der Waals surface area contributed by atoms with Crippen LogP contribution in [0, 0.1) is 30.6 Å². The first-order chi connectivity index (χ1) is 22.7. The Morgan fingerprint density at radius 1 is 1.13 bits per heavy atom. The first kappa shape index (κ1) is 34.0. The van der Waals surface area contributed by atoms with Crippen LogP contribution in [0.5, 0.6) is 5.75 Å². The summed E-state index contributed by atoms with van der Waals surface area (Å²) in [6, 6.07) is 11.5. The van der Waals surface area contributed by atoms with Crippen molar-refractivity contribution in [3.63, 3.8) is 0 Å². The lowest BCUT2D eigenvalue weighted by molar-refractivity contribution is -0.125. The van der Waals surface area contributed by atoms with Gasteiger partial charge in [-0.2, -0.15) is 0 Å². The molecular weight excluding hydrogens is 634 g/mol. The molecule has 2 aliphatic heterocycles. The van der Waals surface area contributed by atoms with Crippen LogP contribution in [-0.2, 0) is 25.9 Å². The molecule has 6 rings (SSSR count). The zero-order valence-electron chi connectivity index (χ0n) is 27.6. The molecule has 2 amide bonds. The summed E-state index contributed by atoms with van der Waals surface area (Å²) in [7, 11) is -1.52. The summed E-state index contributed by atoms with van der Waals surface area (Å²) in [6.45, 7) is 4.36. The Morgan fingerprint density at radius 3 is 2.72 bits per heavy atom. The maximum atomic E-state index is 14.0. The summed E-state index contributed by atoms with van der Waals surface area (Å²) in [4.78, 5) is 28.9. The van der Waals surface area contributed by atoms with Crippen LogP contribution in [0.25, 0.3) is 0 Å². The summed E-state index contributed by atoms with van der Waals surface area (Å²) in [5, 5.41) is 0.768. The van der Waals surface area contributed by atoms with Crippen LogP contribution in [0.15, 0.2) is 52.9 Å². The minimum absolute atomic E-state index is 0.00126. The van der Waals surface area contributed by atoms with Crippen molar-refractivity contribution in [3.8, 4) is 5.75 Å². The predicted octanol–water partition coefficient (Wildman–Crippen LogP) is 7.32. The van der Waals surface area contributed by atoms with Crippen LogP contribution in [0.2, 0.25) is 5.02 Å². The second-order valence-electron chi connectivity index (χ2n) is 13.8. The summed E-state index contributed by atoms with van der Waals surface area (Å²) in [5.41, 5.74) is 3.76. The number of hydrogen-bond donors (Lipinski definition) is 1. The summed E-state index contributed by atoms with van der Waals surface area (Å²) >= 11 is 6.29. The third-order valence-corrected chi connectivity index (χ3v) is 12.6. The number of carbonyl (C=O) groups excluding carboxylic acids is 2. The van der Waals surface area contributed by atoms with Gasteiger partial charge in [0.1, 0.15) is 15.7 Å². The monoisotopic (exact) mass is 681 g/mol. The lowest BCUT2D eigenvalue weighted by atomic mass is 9.70. The summed E-state index contributed by atoms with van der Waals surface area (Å²) in [6.07, 6.45) is 13.2. The van der Waals surface area contributed by atoms with Crippen LogP contribution in [-0.4, -0.2) is 54.7 Å². The Hall–Kier alpha value is -2.88. The van der Waals surface area contributed by atoms with E-state index < -0.39 is 15.8 Å². The number of amides is 2. The topological polar surface area (TPSA) is 97.3 Å². The number of carbonyl (C=O) groups is 2. The highest BCUT2D eigenvalue weighted by molar-refractivity contribution is 7.92. The van der Waals surface area contributed by atoms with Gasteiger partial charge in [-0.25, -0.2) is 4.21 Å². The van der Waals surface area contributed by atoms with Crippen LogP contribution in [0.3, 0.4) is 0 Å². The third kappa shape index (κ3) is 8.23. The van der Waals surface area contributed by atoms with Crippen molar-refractivity contribution in [3.05, 3.63) is 70.3 Å². The van der Waals surface area contributed by atoms with Crippen molar-refractivity contribution in [2.45, 2.75) is 77.2 Å². The molecule has 2 aliphatic carbocycles. The van der Waals surface area contributed by atoms with Gasteiger partial charge in [-0.1, -0.05) is 36.2 Å². The number of anilines is 1. The van der Waals surface area contributed by atoms with E-state index in [4.69, 9.17) is 21.1 Å². The van der Waals surface area contributed by atoms with Gasteiger partial charge >= 0.3 is 0 Å². The second kappa shape index (κ2) is 15.1. The smallest absolute Gasteiger partial charge is 0.286 e. The largest absolute Gasteiger partial charge is 0.491 e. The Labute approximate surface area is 284 Å². The van der Waals surface area contributed by atoms with Crippen molar-refractivity contribution in [1.29, 1.82) is 0 Å². The maximum Gasteiger partial charge on any atom is 0.286 e. The van der Waals surface area contributed by atoms with Gasteiger partial charge in [0.25, 0.3) is 5.91 Å². The molecule has 0 aromatic heterocycles. The number of benzene rings is 2. The zero-order chi connectivity index (χ0) is 33.0. The normalized spacial score (nSPS) is 28.8. The number of aryl methyl sites for hydroxylation is 2. The molecule has 10 heteroatoms. The standard InChI is InChI=1S/C37H48ClN3O5S/c1-25-13-16-31(38)20-28(25)11-6-8-26-22-41-23-30-14-17-32(30)34(45-2)12-4-3-5-19-47(44,39-36(42)27-9-7-10-27)40-37(43)29-15-18-35(46-24-26)33(41)21-29/h4,12-13,15-16,18,20-21,26-27,30,32,34H,3,5-11,14,17,19,22-24H2,1-2H3,(H,39,40,42,43,44)/b12-4+/t26-,30+,32-,34+,47?/m1/s1. The Kier molecular flexibility index (Phi) is 10.9. The fourth-order valence-electron chi connectivity index (χ4n) is 7.31. The van der Waals surface area contributed by atoms with E-state index in [2.05, 4.69) is 45.2 Å². The van der Waals surface area contributed by atoms with Crippen molar-refractivity contribution in [1.82, 2.24) is 4.72 Å². The molecule has 47 heavy (non-hydrogen) atoms. The fraction of sp³-hybridized carbons (Fsp3) is 0.568. The van der Waals surface area contributed by atoms with Crippen molar-refractivity contribution in [2.24, 2.45) is 28.0 Å². The molecule has 2 aromatic rings. The molecule has 5 atom stereocenters. The molecule has 2 bridgehead atoms. The van der Waals surface area contributed by atoms with Crippen LogP contribution >= 0.6 is 11.6 Å². The summed E-state index contributed by atoms with van der Waals surface area (Å²) < 4.78 is 33.3. The second-order valence-corrected chi connectivity index (χ2v) is 16.3. The number of hydrogen-bond acceptors (Lipinski definition) is 6. The molecule has 8 nitrogen and oxygen atoms in total. The van der Waals surface area contributed by atoms with E-state index in [1.807, 2.05) is 18.2 Å². The molecule has 0 radical (unpaired) electrons. The minimum Gasteiger partial charge on any atom is -0.491 e. The number of allylic oxidation sites excluding steroid dienone is 1. The van der Waals surface area contributed by atoms with Crippen LogP contribution < -0.4 is 14.4 Å². The van der Waals surface area contributed by atoms with Gasteiger partial charge in [-0.15, -0.1) is 4.36 Å². The molecular formula is C37H48ClN3O5S. The first-order valence-electron chi connectivity index (χ1n) is 17.3. The third-order valence-electron chi connectivity index (χ3n) is 10.6. The Bertz CT molecular complexity index is 1610. The molecule has 2 saturated carbocycles. The highest BCUT2D eigenvalue weighted by atomic mass is 35.5. The van der Waals surface area contributed by atoms with E-state index in [-0.39, 0.29) is 23.7 Å². The van der Waals surface area contributed by atoms with Gasteiger partial charge in [0.05, 0.1) is 24.2 Å². The Morgan fingerprint density at radius 2 is 1.98 bits per heavy atom. The van der Waals surface area contributed by atoms with Crippen LogP contribution in [0.4, 0.5) is 5.69 Å². The highest BCUT2D eigenvalue weighted by Gasteiger charge is 2.38. The van der Waals surface area contributed by atoms with E-state index in [0.717, 1.165) is 80.9 Å².